The summed E-state index contributed by atoms with van der Waals surface area (Å²) in [5, 5.41) is 0. The maximum absolute atomic E-state index is 12.8. The van der Waals surface area contributed by atoms with E-state index in [2.05, 4.69) is 0 Å². The van der Waals surface area contributed by atoms with Crippen molar-refractivity contribution in [1.82, 2.24) is 0 Å². The van der Waals surface area contributed by atoms with E-state index in [1.165, 1.54) is 0 Å². The van der Waals surface area contributed by atoms with Crippen molar-refractivity contribution in [2.45, 2.75) is 32.4 Å². The standard InChI is InChI=1S/C15H18F3NO/c1-2-14(20)11-5-7-13(8-6-11)19-9-3-4-12(10-19)15(16,17)18/h5-8,12H,2-4,9-10H2,1H3. The number of Topliss-reactive ketones (excluding diaryl/α,β-unsaturated/α-hetero) is 1. The van der Waals surface area contributed by atoms with E-state index < -0.39 is 12.1 Å². The number of carbonyl (C=O) groups excluding carboxylic acids is 1. The molecule has 20 heavy (non-hydrogen) atoms. The first kappa shape index (κ1) is 14.9. The quantitative estimate of drug-likeness (QED) is 0.781. The molecule has 0 N–H and O–H groups in total. The summed E-state index contributed by atoms with van der Waals surface area (Å²) >= 11 is 0. The normalized spacial score (nSPS) is 20.0. The molecule has 1 heterocycles. The Labute approximate surface area is 116 Å². The number of piperidine rings is 1. The van der Waals surface area contributed by atoms with Crippen molar-refractivity contribution in [1.29, 1.82) is 0 Å². The van der Waals surface area contributed by atoms with Gasteiger partial charge in [-0.05, 0) is 37.1 Å². The van der Waals surface area contributed by atoms with E-state index in [1.807, 2.05) is 0 Å². The van der Waals surface area contributed by atoms with Crippen LogP contribution >= 0.6 is 0 Å². The highest BCUT2D eigenvalue weighted by Gasteiger charge is 2.41. The van der Waals surface area contributed by atoms with Gasteiger partial charge in [0.15, 0.2) is 5.78 Å². The van der Waals surface area contributed by atoms with Crippen molar-refractivity contribution < 1.29 is 18.0 Å². The molecule has 2 rings (SSSR count). The molecule has 1 aliphatic rings. The lowest BCUT2D eigenvalue weighted by Crippen LogP contribution is -2.41. The SMILES string of the molecule is CCC(=O)c1ccc(N2CCCC(C(F)(F)F)C2)cc1. The van der Waals surface area contributed by atoms with Crippen molar-refractivity contribution in [3.05, 3.63) is 29.8 Å². The van der Waals surface area contributed by atoms with Crippen molar-refractivity contribution in [3.8, 4) is 0 Å². The molecule has 110 valence electrons. The zero-order chi connectivity index (χ0) is 14.8. The number of carbonyl (C=O) groups is 1. The molecule has 0 spiro atoms. The van der Waals surface area contributed by atoms with Gasteiger partial charge in [-0.2, -0.15) is 13.2 Å². The Morgan fingerprint density at radius 2 is 1.95 bits per heavy atom. The summed E-state index contributed by atoms with van der Waals surface area (Å²) in [5.41, 5.74) is 1.37. The number of halogens is 3. The van der Waals surface area contributed by atoms with Gasteiger partial charge in [0.25, 0.3) is 0 Å². The molecule has 0 bridgehead atoms. The molecule has 0 aliphatic carbocycles. The van der Waals surface area contributed by atoms with Gasteiger partial charge in [-0.1, -0.05) is 6.92 Å². The van der Waals surface area contributed by atoms with Crippen molar-refractivity contribution in [2.24, 2.45) is 5.92 Å². The molecule has 1 atom stereocenters. The smallest absolute Gasteiger partial charge is 0.371 e. The van der Waals surface area contributed by atoms with E-state index in [9.17, 15) is 18.0 Å². The molecular weight excluding hydrogens is 267 g/mol. The molecule has 1 aliphatic heterocycles. The molecule has 0 aromatic heterocycles. The number of ketones is 1. The first-order valence-electron chi connectivity index (χ1n) is 6.86. The lowest BCUT2D eigenvalue weighted by Gasteiger charge is -2.35. The Morgan fingerprint density at radius 1 is 1.30 bits per heavy atom. The fourth-order valence-corrected chi connectivity index (χ4v) is 2.54. The second kappa shape index (κ2) is 5.85. The summed E-state index contributed by atoms with van der Waals surface area (Å²) in [4.78, 5) is 13.3. The minimum Gasteiger partial charge on any atom is -0.371 e. The van der Waals surface area contributed by atoms with E-state index in [1.54, 1.807) is 36.1 Å². The number of alkyl halides is 3. The maximum Gasteiger partial charge on any atom is 0.393 e. The highest BCUT2D eigenvalue weighted by molar-refractivity contribution is 5.96. The van der Waals surface area contributed by atoms with Crippen LogP contribution in [0, 0.1) is 5.92 Å². The Bertz CT molecular complexity index is 467. The van der Waals surface area contributed by atoms with Crippen LogP contribution < -0.4 is 4.90 Å². The zero-order valence-corrected chi connectivity index (χ0v) is 11.4. The first-order valence-corrected chi connectivity index (χ1v) is 6.86. The highest BCUT2D eigenvalue weighted by Crippen LogP contribution is 2.34. The fraction of sp³-hybridized carbons (Fsp3) is 0.533. The minimum atomic E-state index is -4.13. The molecule has 0 saturated carbocycles. The van der Waals surface area contributed by atoms with Crippen LogP contribution in [-0.2, 0) is 0 Å². The predicted molar refractivity (Wildman–Crippen MR) is 72.1 cm³/mol. The summed E-state index contributed by atoms with van der Waals surface area (Å²) in [6.07, 6.45) is -2.96. The number of benzene rings is 1. The Morgan fingerprint density at radius 3 is 2.50 bits per heavy atom. The van der Waals surface area contributed by atoms with Crippen LogP contribution in [0.25, 0.3) is 0 Å². The Kier molecular flexibility index (Phi) is 4.35. The number of rotatable bonds is 3. The number of nitrogens with zero attached hydrogens (tertiary/aromatic N) is 1. The van der Waals surface area contributed by atoms with Crippen LogP contribution in [0.2, 0.25) is 0 Å². The third kappa shape index (κ3) is 3.32. The summed E-state index contributed by atoms with van der Waals surface area (Å²) in [6.45, 7) is 2.42. The molecule has 1 unspecified atom stereocenters. The Balaban J connectivity index is 2.09. The van der Waals surface area contributed by atoms with Gasteiger partial charge in [-0.15, -0.1) is 0 Å². The van der Waals surface area contributed by atoms with E-state index in [4.69, 9.17) is 0 Å². The fourth-order valence-electron chi connectivity index (χ4n) is 2.54. The van der Waals surface area contributed by atoms with Gasteiger partial charge < -0.3 is 4.90 Å². The van der Waals surface area contributed by atoms with Gasteiger partial charge in [-0.3, -0.25) is 4.79 Å². The van der Waals surface area contributed by atoms with Gasteiger partial charge in [0.2, 0.25) is 0 Å². The van der Waals surface area contributed by atoms with Crippen LogP contribution in [0.15, 0.2) is 24.3 Å². The predicted octanol–water partition coefficient (Wildman–Crippen LogP) is 4.06. The summed E-state index contributed by atoms with van der Waals surface area (Å²) in [7, 11) is 0. The third-order valence-corrected chi connectivity index (χ3v) is 3.76. The number of hydrogen-bond donors (Lipinski definition) is 0. The summed E-state index contributed by atoms with van der Waals surface area (Å²) in [6, 6.07) is 6.86. The van der Waals surface area contributed by atoms with Crippen molar-refractivity contribution >= 4 is 11.5 Å². The number of anilines is 1. The molecule has 1 aromatic carbocycles. The average molecular weight is 285 g/mol. The van der Waals surface area contributed by atoms with Crippen LogP contribution in [-0.4, -0.2) is 25.0 Å². The van der Waals surface area contributed by atoms with Crippen LogP contribution in [0.5, 0.6) is 0 Å². The van der Waals surface area contributed by atoms with E-state index in [0.717, 1.165) is 5.69 Å². The van der Waals surface area contributed by atoms with Crippen LogP contribution in [0.4, 0.5) is 18.9 Å². The summed E-state index contributed by atoms with van der Waals surface area (Å²) < 4.78 is 38.3. The van der Waals surface area contributed by atoms with E-state index >= 15 is 0 Å². The maximum atomic E-state index is 12.8. The second-order valence-electron chi connectivity index (χ2n) is 5.15. The second-order valence-corrected chi connectivity index (χ2v) is 5.15. The van der Waals surface area contributed by atoms with Crippen LogP contribution in [0.3, 0.4) is 0 Å². The first-order chi connectivity index (χ1) is 9.41. The molecule has 1 saturated heterocycles. The molecule has 5 heteroatoms. The highest BCUT2D eigenvalue weighted by atomic mass is 19.4. The van der Waals surface area contributed by atoms with Crippen LogP contribution in [0.1, 0.15) is 36.5 Å². The minimum absolute atomic E-state index is 0.00453. The molecular formula is C15H18F3NO. The molecule has 0 amide bonds. The van der Waals surface area contributed by atoms with Gasteiger partial charge in [0, 0.05) is 30.8 Å². The molecule has 2 nitrogen and oxygen atoms in total. The van der Waals surface area contributed by atoms with Gasteiger partial charge >= 0.3 is 6.18 Å². The third-order valence-electron chi connectivity index (χ3n) is 3.76. The lowest BCUT2D eigenvalue weighted by atomic mass is 9.97. The summed E-state index contributed by atoms with van der Waals surface area (Å²) in [5.74, 6) is -1.21. The topological polar surface area (TPSA) is 20.3 Å². The number of hydrogen-bond acceptors (Lipinski definition) is 2. The van der Waals surface area contributed by atoms with Crippen molar-refractivity contribution in [2.75, 3.05) is 18.0 Å². The molecule has 0 radical (unpaired) electrons. The molecule has 1 fully saturated rings. The lowest BCUT2D eigenvalue weighted by molar-refractivity contribution is -0.175. The van der Waals surface area contributed by atoms with E-state index in [-0.39, 0.29) is 18.7 Å². The van der Waals surface area contributed by atoms with Crippen molar-refractivity contribution in [3.63, 3.8) is 0 Å². The largest absolute Gasteiger partial charge is 0.393 e. The van der Waals surface area contributed by atoms with Gasteiger partial charge in [0.1, 0.15) is 0 Å². The monoisotopic (exact) mass is 285 g/mol. The van der Waals surface area contributed by atoms with Gasteiger partial charge in [0.05, 0.1) is 5.92 Å². The van der Waals surface area contributed by atoms with Gasteiger partial charge in [-0.25, -0.2) is 0 Å². The molecule has 1 aromatic rings. The zero-order valence-electron chi connectivity index (χ0n) is 11.4. The Hall–Kier alpha value is -1.52. The average Bonchev–Trinajstić information content (AvgIpc) is 2.46. The van der Waals surface area contributed by atoms with E-state index in [0.29, 0.717) is 24.9 Å².